The van der Waals surface area contributed by atoms with E-state index in [9.17, 15) is 9.59 Å². The zero-order valence-corrected chi connectivity index (χ0v) is 8.47. The van der Waals surface area contributed by atoms with Crippen LogP contribution in [0.5, 0.6) is 0 Å². The number of hydrogen-bond donors (Lipinski definition) is 2. The SMILES string of the molecule is CCSCCCC(NC=O)C(=O)O. The van der Waals surface area contributed by atoms with E-state index in [2.05, 4.69) is 12.2 Å². The van der Waals surface area contributed by atoms with Crippen molar-refractivity contribution < 1.29 is 14.7 Å². The third-order valence-electron chi connectivity index (χ3n) is 1.55. The normalized spacial score (nSPS) is 12.1. The summed E-state index contributed by atoms with van der Waals surface area (Å²) in [6.07, 6.45) is 1.75. The predicted octanol–water partition coefficient (Wildman–Crippen LogP) is 0.719. The van der Waals surface area contributed by atoms with Crippen LogP contribution in [0.1, 0.15) is 19.8 Å². The van der Waals surface area contributed by atoms with Gasteiger partial charge in [-0.3, -0.25) is 4.79 Å². The summed E-state index contributed by atoms with van der Waals surface area (Å²) in [4.78, 5) is 20.6. The van der Waals surface area contributed by atoms with Crippen molar-refractivity contribution >= 4 is 24.1 Å². The van der Waals surface area contributed by atoms with Crippen molar-refractivity contribution in [2.24, 2.45) is 0 Å². The first-order chi connectivity index (χ1) is 6.22. The van der Waals surface area contributed by atoms with Gasteiger partial charge in [0.05, 0.1) is 0 Å². The van der Waals surface area contributed by atoms with Crippen molar-refractivity contribution in [3.8, 4) is 0 Å². The van der Waals surface area contributed by atoms with Crippen molar-refractivity contribution in [1.29, 1.82) is 0 Å². The van der Waals surface area contributed by atoms with Crippen LogP contribution in [0.3, 0.4) is 0 Å². The number of aliphatic carboxylic acids is 1. The van der Waals surface area contributed by atoms with Crippen molar-refractivity contribution in [3.63, 3.8) is 0 Å². The summed E-state index contributed by atoms with van der Waals surface area (Å²) in [5.74, 6) is 1.02. The lowest BCUT2D eigenvalue weighted by molar-refractivity contribution is -0.140. The highest BCUT2D eigenvalue weighted by molar-refractivity contribution is 7.99. The van der Waals surface area contributed by atoms with E-state index in [-0.39, 0.29) is 0 Å². The van der Waals surface area contributed by atoms with Crippen LogP contribution in [-0.4, -0.2) is 35.0 Å². The third kappa shape index (κ3) is 6.45. The van der Waals surface area contributed by atoms with Gasteiger partial charge >= 0.3 is 5.97 Å². The maximum atomic E-state index is 10.5. The molecule has 0 saturated heterocycles. The molecular formula is C8H15NO3S. The number of hydrogen-bond acceptors (Lipinski definition) is 3. The predicted molar refractivity (Wildman–Crippen MR) is 52.9 cm³/mol. The molecule has 1 amide bonds. The molecule has 5 heteroatoms. The van der Waals surface area contributed by atoms with Gasteiger partial charge in [0.25, 0.3) is 0 Å². The highest BCUT2D eigenvalue weighted by Gasteiger charge is 2.14. The first-order valence-electron chi connectivity index (χ1n) is 4.22. The zero-order chi connectivity index (χ0) is 10.1. The molecule has 0 fully saturated rings. The first-order valence-corrected chi connectivity index (χ1v) is 5.38. The summed E-state index contributed by atoms with van der Waals surface area (Å²) >= 11 is 1.77. The minimum absolute atomic E-state index is 0.436. The molecule has 2 N–H and O–H groups in total. The van der Waals surface area contributed by atoms with E-state index >= 15 is 0 Å². The maximum absolute atomic E-state index is 10.5. The second-order valence-electron chi connectivity index (χ2n) is 2.51. The van der Waals surface area contributed by atoms with Gasteiger partial charge in [-0.15, -0.1) is 0 Å². The van der Waals surface area contributed by atoms with Crippen LogP contribution in [0.25, 0.3) is 0 Å². The molecule has 0 spiro atoms. The second kappa shape index (κ2) is 7.91. The fourth-order valence-electron chi connectivity index (χ4n) is 0.894. The van der Waals surface area contributed by atoms with Gasteiger partial charge in [0, 0.05) is 0 Å². The Bertz CT molecular complexity index is 163. The summed E-state index contributed by atoms with van der Waals surface area (Å²) < 4.78 is 0. The molecule has 1 atom stereocenters. The van der Waals surface area contributed by atoms with Gasteiger partial charge in [-0.1, -0.05) is 6.92 Å². The molecule has 4 nitrogen and oxygen atoms in total. The average Bonchev–Trinajstić information content (AvgIpc) is 2.10. The molecule has 0 radical (unpaired) electrons. The minimum Gasteiger partial charge on any atom is -0.480 e. The lowest BCUT2D eigenvalue weighted by Crippen LogP contribution is -2.35. The Kier molecular flexibility index (Phi) is 7.48. The number of thioether (sulfide) groups is 1. The Morgan fingerprint density at radius 1 is 1.69 bits per heavy atom. The fraction of sp³-hybridized carbons (Fsp3) is 0.750. The summed E-state index contributed by atoms with van der Waals surface area (Å²) in [5, 5.41) is 10.9. The molecular weight excluding hydrogens is 190 g/mol. The van der Waals surface area contributed by atoms with Gasteiger partial charge < -0.3 is 10.4 Å². The number of rotatable bonds is 8. The molecule has 0 aromatic rings. The van der Waals surface area contributed by atoms with Gasteiger partial charge in [-0.05, 0) is 24.3 Å². The lowest BCUT2D eigenvalue weighted by atomic mass is 10.2. The number of carbonyl (C=O) groups excluding carboxylic acids is 1. The smallest absolute Gasteiger partial charge is 0.326 e. The quantitative estimate of drug-likeness (QED) is 0.452. The minimum atomic E-state index is -0.964. The van der Waals surface area contributed by atoms with E-state index in [1.165, 1.54) is 0 Å². The van der Waals surface area contributed by atoms with Crippen LogP contribution in [0.2, 0.25) is 0 Å². The molecule has 0 rings (SSSR count). The van der Waals surface area contributed by atoms with Gasteiger partial charge in [-0.2, -0.15) is 11.8 Å². The van der Waals surface area contributed by atoms with E-state index in [4.69, 9.17) is 5.11 Å². The molecule has 0 aliphatic rings. The fourth-order valence-corrected chi connectivity index (χ4v) is 1.55. The molecule has 0 aromatic heterocycles. The Labute approximate surface area is 82.1 Å². The maximum Gasteiger partial charge on any atom is 0.326 e. The summed E-state index contributed by atoms with van der Waals surface area (Å²) in [6, 6.07) is -0.727. The van der Waals surface area contributed by atoms with E-state index in [0.717, 1.165) is 17.9 Å². The molecule has 0 aromatic carbocycles. The largest absolute Gasteiger partial charge is 0.480 e. The zero-order valence-electron chi connectivity index (χ0n) is 7.66. The highest BCUT2D eigenvalue weighted by Crippen LogP contribution is 2.05. The molecule has 0 saturated carbocycles. The molecule has 13 heavy (non-hydrogen) atoms. The molecule has 0 heterocycles. The summed E-state index contributed by atoms with van der Waals surface area (Å²) in [5.41, 5.74) is 0. The van der Waals surface area contributed by atoms with E-state index in [1.807, 2.05) is 0 Å². The Hall–Kier alpha value is -0.710. The van der Waals surface area contributed by atoms with Gasteiger partial charge in [-0.25, -0.2) is 4.79 Å². The monoisotopic (exact) mass is 205 g/mol. The third-order valence-corrected chi connectivity index (χ3v) is 2.54. The lowest BCUT2D eigenvalue weighted by Gasteiger charge is -2.09. The van der Waals surface area contributed by atoms with Crippen molar-refractivity contribution in [1.82, 2.24) is 5.32 Å². The van der Waals surface area contributed by atoms with Gasteiger partial charge in [0.1, 0.15) is 6.04 Å². The number of nitrogens with one attached hydrogen (secondary N) is 1. The number of amides is 1. The van der Waals surface area contributed by atoms with E-state index in [0.29, 0.717) is 12.8 Å². The van der Waals surface area contributed by atoms with Crippen LogP contribution >= 0.6 is 11.8 Å². The molecule has 1 unspecified atom stereocenters. The first kappa shape index (κ1) is 12.3. The van der Waals surface area contributed by atoms with Crippen LogP contribution in [0.15, 0.2) is 0 Å². The number of carbonyl (C=O) groups is 2. The standard InChI is InChI=1S/C8H15NO3S/c1-2-13-5-3-4-7(8(11)12)9-6-10/h6-7H,2-5H2,1H3,(H,9,10)(H,11,12). The van der Waals surface area contributed by atoms with Crippen LogP contribution < -0.4 is 5.32 Å². The Balaban J connectivity index is 3.56. The molecule has 0 bridgehead atoms. The Morgan fingerprint density at radius 2 is 2.38 bits per heavy atom. The summed E-state index contributed by atoms with van der Waals surface area (Å²) in [6.45, 7) is 2.06. The van der Waals surface area contributed by atoms with Crippen molar-refractivity contribution in [3.05, 3.63) is 0 Å². The average molecular weight is 205 g/mol. The van der Waals surface area contributed by atoms with Crippen LogP contribution in [-0.2, 0) is 9.59 Å². The highest BCUT2D eigenvalue weighted by atomic mass is 32.2. The summed E-state index contributed by atoms with van der Waals surface area (Å²) in [7, 11) is 0. The molecule has 0 aliphatic heterocycles. The van der Waals surface area contributed by atoms with E-state index < -0.39 is 12.0 Å². The molecule has 0 aliphatic carbocycles. The topological polar surface area (TPSA) is 66.4 Å². The number of carboxylic acid groups (broad SMARTS) is 1. The van der Waals surface area contributed by atoms with Crippen LogP contribution in [0.4, 0.5) is 0 Å². The number of carboxylic acids is 1. The van der Waals surface area contributed by atoms with Gasteiger partial charge in [0.15, 0.2) is 0 Å². The Morgan fingerprint density at radius 3 is 2.85 bits per heavy atom. The second-order valence-corrected chi connectivity index (χ2v) is 3.91. The van der Waals surface area contributed by atoms with Crippen molar-refractivity contribution in [2.75, 3.05) is 11.5 Å². The van der Waals surface area contributed by atoms with Crippen LogP contribution in [0, 0.1) is 0 Å². The molecule has 76 valence electrons. The van der Waals surface area contributed by atoms with E-state index in [1.54, 1.807) is 11.8 Å². The van der Waals surface area contributed by atoms with Crippen molar-refractivity contribution in [2.45, 2.75) is 25.8 Å². The van der Waals surface area contributed by atoms with Gasteiger partial charge in [0.2, 0.25) is 6.41 Å².